The molecule has 30 heavy (non-hydrogen) atoms. The number of benzene rings is 1. The minimum absolute atomic E-state index is 0.238. The van der Waals surface area contributed by atoms with E-state index < -0.39 is 0 Å². The van der Waals surface area contributed by atoms with Crippen molar-refractivity contribution < 1.29 is 9.53 Å². The summed E-state index contributed by atoms with van der Waals surface area (Å²) in [7, 11) is 0. The normalized spacial score (nSPS) is 16.1. The highest BCUT2D eigenvalue weighted by Gasteiger charge is 2.29. The van der Waals surface area contributed by atoms with Crippen molar-refractivity contribution in [2.45, 2.75) is 39.5 Å². The summed E-state index contributed by atoms with van der Waals surface area (Å²) in [6.45, 7) is 5.54. The molecule has 1 aliphatic heterocycles. The van der Waals surface area contributed by atoms with Crippen LogP contribution >= 0.6 is 27.5 Å². The molecule has 0 saturated carbocycles. The largest absolute Gasteiger partial charge is 0.450 e. The molecule has 2 heterocycles. The zero-order valence-corrected chi connectivity index (χ0v) is 19.6. The third kappa shape index (κ3) is 3.83. The molecule has 1 aliphatic carbocycles. The van der Waals surface area contributed by atoms with Crippen molar-refractivity contribution >= 4 is 44.9 Å². The molecule has 0 bridgehead atoms. The predicted molar refractivity (Wildman–Crippen MR) is 124 cm³/mol. The highest BCUT2D eigenvalue weighted by atomic mass is 79.9. The van der Waals surface area contributed by atoms with Crippen molar-refractivity contribution in [1.82, 2.24) is 9.88 Å². The minimum Gasteiger partial charge on any atom is -0.450 e. The van der Waals surface area contributed by atoms with E-state index in [4.69, 9.17) is 27.1 Å². The molecule has 2 aromatic rings. The Hall–Kier alpha value is -2.05. The number of fused-ring (bicyclic) bond motifs is 2. The second kappa shape index (κ2) is 8.60. The van der Waals surface area contributed by atoms with Crippen LogP contribution in [-0.2, 0) is 17.6 Å². The average Bonchev–Trinajstić information content (AvgIpc) is 2.89. The van der Waals surface area contributed by atoms with E-state index in [-0.39, 0.29) is 6.09 Å². The summed E-state index contributed by atoms with van der Waals surface area (Å²) in [5.41, 5.74) is 15.0. The number of anilines is 1. The van der Waals surface area contributed by atoms with Crippen molar-refractivity contribution in [3.8, 4) is 0 Å². The van der Waals surface area contributed by atoms with Gasteiger partial charge in [0, 0.05) is 29.3 Å². The third-order valence-electron chi connectivity index (χ3n) is 5.99. The van der Waals surface area contributed by atoms with Crippen molar-refractivity contribution in [3.63, 3.8) is 0 Å². The van der Waals surface area contributed by atoms with Gasteiger partial charge >= 0.3 is 6.09 Å². The van der Waals surface area contributed by atoms with Crippen LogP contribution in [0.1, 0.15) is 47.7 Å². The maximum Gasteiger partial charge on any atom is 0.409 e. The van der Waals surface area contributed by atoms with Gasteiger partial charge in [-0.1, -0.05) is 17.2 Å². The standard InChI is InChI=1S/C23H25BrClN3O2/c1-3-30-23(29)28-8-6-14(7-9-28)20-19-13(2)21(26)18(25)11-15(19)4-5-16-10-17(24)12-27-22(16)20/h10-12H,3-9,26H2,1-2H3. The van der Waals surface area contributed by atoms with Crippen LogP contribution < -0.4 is 5.73 Å². The molecule has 1 fully saturated rings. The lowest BCUT2D eigenvalue weighted by molar-refractivity contribution is 0.104. The van der Waals surface area contributed by atoms with Gasteiger partial charge in [-0.25, -0.2) is 4.79 Å². The molecule has 0 radical (unpaired) electrons. The number of aromatic nitrogens is 1. The van der Waals surface area contributed by atoms with Gasteiger partial charge in [0.05, 0.1) is 23.0 Å². The van der Waals surface area contributed by atoms with Crippen LogP contribution in [0, 0.1) is 6.92 Å². The summed E-state index contributed by atoms with van der Waals surface area (Å²) in [5.74, 6) is 0. The maximum atomic E-state index is 12.1. The first-order chi connectivity index (χ1) is 14.4. The average molecular weight is 491 g/mol. The van der Waals surface area contributed by atoms with Gasteiger partial charge in [-0.2, -0.15) is 0 Å². The molecule has 7 heteroatoms. The number of nitrogens with zero attached hydrogens (tertiary/aromatic N) is 2. The number of nitrogens with two attached hydrogens (primary N) is 1. The zero-order valence-electron chi connectivity index (χ0n) is 17.2. The fourth-order valence-corrected chi connectivity index (χ4v) is 5.11. The molecule has 4 rings (SSSR count). The topological polar surface area (TPSA) is 68.5 Å². The first-order valence-electron chi connectivity index (χ1n) is 10.3. The van der Waals surface area contributed by atoms with E-state index in [0.717, 1.165) is 52.5 Å². The lowest BCUT2D eigenvalue weighted by atomic mass is 9.86. The Morgan fingerprint density at radius 1 is 1.23 bits per heavy atom. The number of halogens is 2. The van der Waals surface area contributed by atoms with Crippen LogP contribution in [0.3, 0.4) is 0 Å². The van der Waals surface area contributed by atoms with Crippen molar-refractivity contribution in [3.05, 3.63) is 61.3 Å². The van der Waals surface area contributed by atoms with Gasteiger partial charge in [-0.05, 0) is 89.8 Å². The van der Waals surface area contributed by atoms with Crippen LogP contribution in [-0.4, -0.2) is 35.7 Å². The Morgan fingerprint density at radius 3 is 2.63 bits per heavy atom. The van der Waals surface area contributed by atoms with Crippen LogP contribution in [0.5, 0.6) is 0 Å². The summed E-state index contributed by atoms with van der Waals surface area (Å²) >= 11 is 10.0. The van der Waals surface area contributed by atoms with E-state index in [0.29, 0.717) is 30.4 Å². The number of likely N-dealkylation sites (tertiary alicyclic amines) is 1. The lowest BCUT2D eigenvalue weighted by Crippen LogP contribution is -2.37. The van der Waals surface area contributed by atoms with Gasteiger partial charge in [0.25, 0.3) is 0 Å². The number of piperidine rings is 1. The number of amides is 1. The molecular formula is C23H25BrClN3O2. The van der Waals surface area contributed by atoms with Gasteiger partial charge in [-0.15, -0.1) is 0 Å². The van der Waals surface area contributed by atoms with Gasteiger partial charge in [0.2, 0.25) is 0 Å². The van der Waals surface area contributed by atoms with Crippen LogP contribution in [0.4, 0.5) is 10.5 Å². The second-order valence-corrected chi connectivity index (χ2v) is 9.08. The van der Waals surface area contributed by atoms with Gasteiger partial charge in [0.1, 0.15) is 0 Å². The number of pyridine rings is 1. The summed E-state index contributed by atoms with van der Waals surface area (Å²) in [4.78, 5) is 18.8. The SMILES string of the molecule is CCOC(=O)N1CCC(=C2c3ncc(Br)cc3CCc3cc(Cl)c(N)c(C)c32)CC1. The molecule has 1 amide bonds. The number of rotatable bonds is 1. The number of nitrogen functional groups attached to an aromatic ring is 1. The van der Waals surface area contributed by atoms with Crippen molar-refractivity contribution in [1.29, 1.82) is 0 Å². The molecule has 1 saturated heterocycles. The summed E-state index contributed by atoms with van der Waals surface area (Å²) < 4.78 is 6.15. The second-order valence-electron chi connectivity index (χ2n) is 7.76. The minimum atomic E-state index is -0.238. The molecule has 5 nitrogen and oxygen atoms in total. The molecule has 158 valence electrons. The van der Waals surface area contributed by atoms with E-state index >= 15 is 0 Å². The monoisotopic (exact) mass is 489 g/mol. The Morgan fingerprint density at radius 2 is 1.93 bits per heavy atom. The Balaban J connectivity index is 1.86. The summed E-state index contributed by atoms with van der Waals surface area (Å²) in [6, 6.07) is 4.16. The smallest absolute Gasteiger partial charge is 0.409 e. The summed E-state index contributed by atoms with van der Waals surface area (Å²) in [5, 5.41) is 0.604. The highest BCUT2D eigenvalue weighted by Crippen LogP contribution is 2.42. The molecule has 2 aliphatic rings. The third-order valence-corrected chi connectivity index (χ3v) is 6.74. The van der Waals surface area contributed by atoms with Crippen LogP contribution in [0.15, 0.2) is 28.4 Å². The van der Waals surface area contributed by atoms with Crippen molar-refractivity contribution in [2.75, 3.05) is 25.4 Å². The Labute approximate surface area is 190 Å². The number of ether oxygens (including phenoxy) is 1. The van der Waals surface area contributed by atoms with Gasteiger partial charge in [0.15, 0.2) is 0 Å². The number of aryl methyl sites for hydroxylation is 2. The molecule has 0 atom stereocenters. The maximum absolute atomic E-state index is 12.1. The fourth-order valence-electron chi connectivity index (χ4n) is 4.46. The Bertz CT molecular complexity index is 1040. The molecular weight excluding hydrogens is 466 g/mol. The lowest BCUT2D eigenvalue weighted by Gasteiger charge is -2.30. The van der Waals surface area contributed by atoms with Crippen LogP contribution in [0.2, 0.25) is 5.02 Å². The molecule has 0 spiro atoms. The van der Waals surface area contributed by atoms with Gasteiger partial charge < -0.3 is 15.4 Å². The number of carbonyl (C=O) groups excluding carboxylic acids is 1. The highest BCUT2D eigenvalue weighted by molar-refractivity contribution is 9.10. The number of hydrogen-bond donors (Lipinski definition) is 1. The van der Waals surface area contributed by atoms with Crippen LogP contribution in [0.25, 0.3) is 5.57 Å². The molecule has 1 aromatic carbocycles. The number of carbonyl (C=O) groups is 1. The first-order valence-corrected chi connectivity index (χ1v) is 11.4. The van der Waals surface area contributed by atoms with E-state index in [1.165, 1.54) is 16.7 Å². The zero-order chi connectivity index (χ0) is 21.4. The first kappa shape index (κ1) is 21.2. The van der Waals surface area contributed by atoms with Gasteiger partial charge in [-0.3, -0.25) is 4.98 Å². The van der Waals surface area contributed by atoms with E-state index in [1.54, 1.807) is 4.90 Å². The van der Waals surface area contributed by atoms with E-state index in [2.05, 4.69) is 22.0 Å². The van der Waals surface area contributed by atoms with E-state index in [9.17, 15) is 4.79 Å². The summed E-state index contributed by atoms with van der Waals surface area (Å²) in [6.07, 6.45) is 4.96. The molecule has 1 aromatic heterocycles. The Kier molecular flexibility index (Phi) is 6.07. The molecule has 2 N–H and O–H groups in total. The van der Waals surface area contributed by atoms with Crippen molar-refractivity contribution in [2.24, 2.45) is 0 Å². The quantitative estimate of drug-likeness (QED) is 0.533. The molecule has 0 unspecified atom stereocenters. The fraction of sp³-hybridized carbons (Fsp3) is 0.391. The number of hydrogen-bond acceptors (Lipinski definition) is 4. The van der Waals surface area contributed by atoms with E-state index in [1.807, 2.05) is 26.1 Å². The predicted octanol–water partition coefficient (Wildman–Crippen LogP) is 5.54.